The van der Waals surface area contributed by atoms with Crippen molar-refractivity contribution in [1.29, 1.82) is 0 Å². The van der Waals surface area contributed by atoms with Crippen LogP contribution in [0, 0.1) is 0 Å². The molecule has 0 N–H and O–H groups in total. The molecule has 2 aromatic rings. The molecule has 0 spiro atoms. The molecule has 1 amide bonds. The lowest BCUT2D eigenvalue weighted by atomic mass is 10.2. The van der Waals surface area contributed by atoms with Gasteiger partial charge in [-0.25, -0.2) is 0 Å². The topological polar surface area (TPSA) is 42.7 Å². The molecule has 4 nitrogen and oxygen atoms in total. The monoisotopic (exact) mass is 307 g/mol. The summed E-state index contributed by atoms with van der Waals surface area (Å²) >= 11 is 5.69. The Hall–Kier alpha value is -1.94. The van der Waals surface area contributed by atoms with E-state index in [4.69, 9.17) is 20.8 Å². The highest BCUT2D eigenvalue weighted by atomic mass is 35.5. The van der Waals surface area contributed by atoms with Gasteiger partial charge in [-0.15, -0.1) is 11.6 Å². The summed E-state index contributed by atoms with van der Waals surface area (Å²) in [6.45, 7) is 3.41. The maximum atomic E-state index is 12.0. The second-order valence-corrected chi connectivity index (χ2v) is 4.81. The first-order chi connectivity index (χ1) is 10.2. The minimum atomic E-state index is -0.130. The molecule has 0 aliphatic rings. The zero-order valence-corrected chi connectivity index (χ0v) is 12.7. The van der Waals surface area contributed by atoms with Gasteiger partial charge in [-0.3, -0.25) is 4.79 Å². The van der Waals surface area contributed by atoms with Crippen LogP contribution in [-0.2, 0) is 17.9 Å². The van der Waals surface area contributed by atoms with Gasteiger partial charge in [0.2, 0.25) is 5.91 Å². The van der Waals surface area contributed by atoms with Crippen LogP contribution in [0.3, 0.4) is 0 Å². The van der Waals surface area contributed by atoms with E-state index in [1.807, 2.05) is 37.3 Å². The van der Waals surface area contributed by atoms with E-state index < -0.39 is 0 Å². The van der Waals surface area contributed by atoms with Crippen LogP contribution in [0.1, 0.15) is 18.2 Å². The molecule has 0 aliphatic heterocycles. The molecule has 0 saturated carbocycles. The maximum absolute atomic E-state index is 12.0. The molecular weight excluding hydrogens is 290 g/mol. The van der Waals surface area contributed by atoms with Crippen LogP contribution in [0.4, 0.5) is 0 Å². The number of carbonyl (C=O) groups excluding carboxylic acids is 1. The average Bonchev–Trinajstić information content (AvgIpc) is 2.99. The highest BCUT2D eigenvalue weighted by Gasteiger charge is 2.15. The maximum Gasteiger partial charge on any atom is 0.238 e. The van der Waals surface area contributed by atoms with Gasteiger partial charge in [0.1, 0.15) is 17.4 Å². The van der Waals surface area contributed by atoms with Crippen LogP contribution < -0.4 is 4.74 Å². The number of amides is 1. The molecule has 1 aromatic carbocycles. The molecule has 0 saturated heterocycles. The van der Waals surface area contributed by atoms with Gasteiger partial charge >= 0.3 is 0 Å². The van der Waals surface area contributed by atoms with Crippen LogP contribution in [-0.4, -0.2) is 23.3 Å². The van der Waals surface area contributed by atoms with Crippen molar-refractivity contribution in [2.45, 2.75) is 20.0 Å². The Morgan fingerprint density at radius 1 is 1.29 bits per heavy atom. The molecular formula is C16H18ClNO3. The third kappa shape index (κ3) is 4.53. The van der Waals surface area contributed by atoms with Crippen molar-refractivity contribution in [3.63, 3.8) is 0 Å². The van der Waals surface area contributed by atoms with Crippen LogP contribution >= 0.6 is 11.6 Å². The molecule has 0 atom stereocenters. The molecule has 0 aliphatic carbocycles. The minimum Gasteiger partial charge on any atom is -0.494 e. The van der Waals surface area contributed by atoms with E-state index in [0.29, 0.717) is 19.7 Å². The first kappa shape index (κ1) is 15.4. The number of furan rings is 1. The van der Waals surface area contributed by atoms with Crippen molar-refractivity contribution >= 4 is 17.5 Å². The number of hydrogen-bond acceptors (Lipinski definition) is 3. The van der Waals surface area contributed by atoms with E-state index in [9.17, 15) is 4.79 Å². The fourth-order valence-electron chi connectivity index (χ4n) is 2.03. The smallest absolute Gasteiger partial charge is 0.238 e. The van der Waals surface area contributed by atoms with Gasteiger partial charge in [0.25, 0.3) is 0 Å². The zero-order valence-electron chi connectivity index (χ0n) is 11.9. The van der Waals surface area contributed by atoms with E-state index >= 15 is 0 Å². The second-order valence-electron chi connectivity index (χ2n) is 4.54. The van der Waals surface area contributed by atoms with Gasteiger partial charge in [0.15, 0.2) is 0 Å². The number of alkyl halides is 1. The zero-order chi connectivity index (χ0) is 15.1. The Balaban J connectivity index is 2.10. The number of nitrogens with zero attached hydrogens (tertiary/aromatic N) is 1. The number of carbonyl (C=O) groups is 1. The Morgan fingerprint density at radius 2 is 2.14 bits per heavy atom. The lowest BCUT2D eigenvalue weighted by Crippen LogP contribution is -2.30. The summed E-state index contributed by atoms with van der Waals surface area (Å²) in [5.41, 5.74) is 0.992. The molecule has 1 aromatic heterocycles. The van der Waals surface area contributed by atoms with Gasteiger partial charge in [-0.2, -0.15) is 0 Å². The Morgan fingerprint density at radius 3 is 2.81 bits per heavy atom. The van der Waals surface area contributed by atoms with Gasteiger partial charge in [-0.05, 0) is 36.8 Å². The standard InChI is InChI=1S/C16H18ClNO3/c1-2-20-14-6-3-5-13(9-14)11-18(16(19)10-17)12-15-7-4-8-21-15/h3-9H,2,10-12H2,1H3. The van der Waals surface area contributed by atoms with Crippen molar-refractivity contribution in [1.82, 2.24) is 4.90 Å². The highest BCUT2D eigenvalue weighted by Crippen LogP contribution is 2.17. The summed E-state index contributed by atoms with van der Waals surface area (Å²) in [5, 5.41) is 0. The van der Waals surface area contributed by atoms with E-state index in [1.54, 1.807) is 17.2 Å². The summed E-state index contributed by atoms with van der Waals surface area (Å²) in [5.74, 6) is 1.35. The van der Waals surface area contributed by atoms with Crippen LogP contribution in [0.15, 0.2) is 47.1 Å². The summed E-state index contributed by atoms with van der Waals surface area (Å²) in [7, 11) is 0. The minimum absolute atomic E-state index is 0.0497. The molecule has 21 heavy (non-hydrogen) atoms. The first-order valence-corrected chi connectivity index (χ1v) is 7.34. The molecule has 5 heteroatoms. The lowest BCUT2D eigenvalue weighted by Gasteiger charge is -2.21. The predicted octanol–water partition coefficient (Wildman–Crippen LogP) is 3.45. The van der Waals surface area contributed by atoms with Gasteiger partial charge < -0.3 is 14.1 Å². The number of hydrogen-bond donors (Lipinski definition) is 0. The normalized spacial score (nSPS) is 10.4. The molecule has 1 heterocycles. The number of rotatable bonds is 7. The Labute approximate surface area is 129 Å². The van der Waals surface area contributed by atoms with Gasteiger partial charge in [0.05, 0.1) is 19.4 Å². The Kier molecular flexibility index (Phi) is 5.69. The average molecular weight is 308 g/mol. The van der Waals surface area contributed by atoms with Crippen LogP contribution in [0.2, 0.25) is 0 Å². The van der Waals surface area contributed by atoms with Crippen LogP contribution in [0.25, 0.3) is 0 Å². The lowest BCUT2D eigenvalue weighted by molar-refractivity contribution is -0.130. The van der Waals surface area contributed by atoms with Crippen molar-refractivity contribution in [3.05, 3.63) is 54.0 Å². The highest BCUT2D eigenvalue weighted by molar-refractivity contribution is 6.27. The van der Waals surface area contributed by atoms with E-state index in [2.05, 4.69) is 0 Å². The molecule has 0 bridgehead atoms. The molecule has 0 radical (unpaired) electrons. The van der Waals surface area contributed by atoms with Crippen molar-refractivity contribution in [2.24, 2.45) is 0 Å². The summed E-state index contributed by atoms with van der Waals surface area (Å²) in [4.78, 5) is 13.6. The fourth-order valence-corrected chi connectivity index (χ4v) is 2.20. The Bertz CT molecular complexity index is 569. The summed E-state index contributed by atoms with van der Waals surface area (Å²) in [6, 6.07) is 11.3. The van der Waals surface area contributed by atoms with E-state index in [1.165, 1.54) is 0 Å². The van der Waals surface area contributed by atoms with Crippen molar-refractivity contribution in [2.75, 3.05) is 12.5 Å². The molecule has 0 unspecified atom stereocenters. The molecule has 2 rings (SSSR count). The quantitative estimate of drug-likeness (QED) is 0.736. The molecule has 112 valence electrons. The largest absolute Gasteiger partial charge is 0.494 e. The number of ether oxygens (including phenoxy) is 1. The van der Waals surface area contributed by atoms with Crippen LogP contribution in [0.5, 0.6) is 5.75 Å². The predicted molar refractivity (Wildman–Crippen MR) is 81.3 cm³/mol. The van der Waals surface area contributed by atoms with Gasteiger partial charge in [-0.1, -0.05) is 12.1 Å². The SMILES string of the molecule is CCOc1cccc(CN(Cc2ccco2)C(=O)CCl)c1. The number of benzene rings is 1. The van der Waals surface area contributed by atoms with E-state index in [-0.39, 0.29) is 11.8 Å². The third-order valence-electron chi connectivity index (χ3n) is 2.98. The second kappa shape index (κ2) is 7.74. The molecule has 0 fully saturated rings. The van der Waals surface area contributed by atoms with Crippen molar-refractivity contribution in [3.8, 4) is 5.75 Å². The van der Waals surface area contributed by atoms with Gasteiger partial charge in [0, 0.05) is 6.54 Å². The third-order valence-corrected chi connectivity index (χ3v) is 3.21. The first-order valence-electron chi connectivity index (χ1n) is 6.80. The summed E-state index contributed by atoms with van der Waals surface area (Å²) in [6.07, 6.45) is 1.59. The fraction of sp³-hybridized carbons (Fsp3) is 0.312. The number of halogens is 1. The van der Waals surface area contributed by atoms with E-state index in [0.717, 1.165) is 17.1 Å². The van der Waals surface area contributed by atoms with Crippen molar-refractivity contribution < 1.29 is 13.9 Å². The summed E-state index contributed by atoms with van der Waals surface area (Å²) < 4.78 is 10.8.